The number of carbonyl (C=O) groups is 1. The van der Waals surface area contributed by atoms with Crippen LogP contribution in [0.2, 0.25) is 0 Å². The lowest BCUT2D eigenvalue weighted by atomic mass is 9.99. The molecule has 3 saturated heterocycles. The van der Waals surface area contributed by atoms with Crippen molar-refractivity contribution in [3.05, 3.63) is 0 Å². The second kappa shape index (κ2) is 4.34. The first-order chi connectivity index (χ1) is 7.81. The Morgan fingerprint density at radius 2 is 1.94 bits per heavy atom. The third-order valence-electron chi connectivity index (χ3n) is 4.04. The van der Waals surface area contributed by atoms with E-state index in [2.05, 4.69) is 10.6 Å². The summed E-state index contributed by atoms with van der Waals surface area (Å²) in [6.07, 6.45) is 6.48. The van der Waals surface area contributed by atoms with Gasteiger partial charge < -0.3 is 15.4 Å². The molecule has 3 rings (SSSR count). The van der Waals surface area contributed by atoms with Crippen LogP contribution < -0.4 is 10.6 Å². The van der Waals surface area contributed by atoms with Gasteiger partial charge >= 0.3 is 0 Å². The second-order valence-corrected chi connectivity index (χ2v) is 5.32. The lowest BCUT2D eigenvalue weighted by Crippen LogP contribution is -2.50. The van der Waals surface area contributed by atoms with Crippen LogP contribution in [0.15, 0.2) is 0 Å². The maximum Gasteiger partial charge on any atom is 0.249 e. The molecule has 3 aliphatic heterocycles. The Labute approximate surface area is 96.1 Å². The van der Waals surface area contributed by atoms with E-state index in [1.54, 1.807) is 0 Å². The van der Waals surface area contributed by atoms with Crippen molar-refractivity contribution in [3.8, 4) is 0 Å². The van der Waals surface area contributed by atoms with Crippen LogP contribution in [0.25, 0.3) is 0 Å². The van der Waals surface area contributed by atoms with Crippen molar-refractivity contribution in [2.45, 2.75) is 62.8 Å². The van der Waals surface area contributed by atoms with Crippen molar-refractivity contribution in [3.63, 3.8) is 0 Å². The van der Waals surface area contributed by atoms with Gasteiger partial charge in [-0.2, -0.15) is 0 Å². The molecule has 2 bridgehead atoms. The molecule has 0 aliphatic carbocycles. The van der Waals surface area contributed by atoms with E-state index in [4.69, 9.17) is 4.74 Å². The van der Waals surface area contributed by atoms with Crippen LogP contribution in [-0.2, 0) is 9.53 Å². The number of rotatable bonds is 2. The molecule has 1 amide bonds. The van der Waals surface area contributed by atoms with Crippen molar-refractivity contribution < 1.29 is 9.53 Å². The zero-order chi connectivity index (χ0) is 11.0. The third-order valence-corrected chi connectivity index (χ3v) is 4.04. The van der Waals surface area contributed by atoms with Gasteiger partial charge in [0.05, 0.1) is 0 Å². The maximum absolute atomic E-state index is 11.9. The summed E-state index contributed by atoms with van der Waals surface area (Å²) >= 11 is 0. The summed E-state index contributed by atoms with van der Waals surface area (Å²) in [7, 11) is 0. The molecule has 90 valence electrons. The number of hydrogen-bond acceptors (Lipinski definition) is 3. The molecule has 3 fully saturated rings. The highest BCUT2D eigenvalue weighted by Gasteiger charge is 2.35. The first-order valence-electron chi connectivity index (χ1n) is 6.49. The van der Waals surface area contributed by atoms with Gasteiger partial charge in [-0.1, -0.05) is 0 Å². The van der Waals surface area contributed by atoms with Crippen LogP contribution >= 0.6 is 0 Å². The van der Waals surface area contributed by atoms with Gasteiger partial charge in [-0.25, -0.2) is 0 Å². The number of amides is 1. The molecule has 0 aromatic rings. The predicted molar refractivity (Wildman–Crippen MR) is 60.1 cm³/mol. The average molecular weight is 224 g/mol. The van der Waals surface area contributed by atoms with E-state index in [1.165, 1.54) is 12.8 Å². The summed E-state index contributed by atoms with van der Waals surface area (Å²) in [5.74, 6) is 0.115. The van der Waals surface area contributed by atoms with E-state index in [1.807, 2.05) is 0 Å². The smallest absolute Gasteiger partial charge is 0.249 e. The van der Waals surface area contributed by atoms with E-state index in [0.717, 1.165) is 32.3 Å². The predicted octanol–water partition coefficient (Wildman–Crippen LogP) is 0.565. The number of hydrogen-bond donors (Lipinski definition) is 2. The molecule has 0 aromatic carbocycles. The van der Waals surface area contributed by atoms with E-state index in [9.17, 15) is 4.79 Å². The van der Waals surface area contributed by atoms with Crippen molar-refractivity contribution in [2.24, 2.45) is 0 Å². The molecule has 2 unspecified atom stereocenters. The van der Waals surface area contributed by atoms with Gasteiger partial charge in [-0.05, 0) is 38.5 Å². The fourth-order valence-electron chi connectivity index (χ4n) is 3.25. The number of piperidine rings is 1. The first-order valence-corrected chi connectivity index (χ1v) is 6.49. The van der Waals surface area contributed by atoms with Gasteiger partial charge in [-0.3, -0.25) is 4.79 Å². The van der Waals surface area contributed by atoms with E-state index < -0.39 is 0 Å². The monoisotopic (exact) mass is 224 g/mol. The Kier molecular flexibility index (Phi) is 2.86. The Hall–Kier alpha value is -0.610. The van der Waals surface area contributed by atoms with Gasteiger partial charge in [0, 0.05) is 24.7 Å². The highest BCUT2D eigenvalue weighted by molar-refractivity contribution is 5.81. The molecule has 2 N–H and O–H groups in total. The van der Waals surface area contributed by atoms with E-state index in [0.29, 0.717) is 18.1 Å². The highest BCUT2D eigenvalue weighted by Crippen LogP contribution is 2.27. The van der Waals surface area contributed by atoms with E-state index in [-0.39, 0.29) is 12.0 Å². The Balaban J connectivity index is 1.52. The average Bonchev–Trinajstić information content (AvgIpc) is 2.88. The Morgan fingerprint density at radius 1 is 1.19 bits per heavy atom. The minimum atomic E-state index is -0.174. The fourth-order valence-corrected chi connectivity index (χ4v) is 3.25. The molecule has 0 aromatic heterocycles. The molecule has 0 spiro atoms. The number of ether oxygens (including phenoxy) is 1. The summed E-state index contributed by atoms with van der Waals surface area (Å²) in [6.45, 7) is 0.746. The summed E-state index contributed by atoms with van der Waals surface area (Å²) in [6, 6.07) is 1.64. The summed E-state index contributed by atoms with van der Waals surface area (Å²) in [5, 5.41) is 6.74. The molecule has 4 nitrogen and oxygen atoms in total. The van der Waals surface area contributed by atoms with Crippen molar-refractivity contribution in [1.82, 2.24) is 10.6 Å². The molecule has 3 atom stereocenters. The number of fused-ring (bicyclic) bond motifs is 2. The minimum Gasteiger partial charge on any atom is -0.368 e. The Bertz CT molecular complexity index is 264. The molecule has 4 heteroatoms. The standard InChI is InChI=1S/C12H20N2O2/c15-12(11-2-1-5-16-11)14-10-6-8-3-4-9(7-10)13-8/h8-11,13H,1-7H2,(H,14,15)/t8?,9?,10?,11-/m0/s1. The largest absolute Gasteiger partial charge is 0.368 e. The summed E-state index contributed by atoms with van der Waals surface area (Å²) < 4.78 is 5.40. The van der Waals surface area contributed by atoms with Gasteiger partial charge in [-0.15, -0.1) is 0 Å². The van der Waals surface area contributed by atoms with E-state index >= 15 is 0 Å². The van der Waals surface area contributed by atoms with Crippen LogP contribution in [0.1, 0.15) is 38.5 Å². The van der Waals surface area contributed by atoms with Gasteiger partial charge in [0.25, 0.3) is 0 Å². The first kappa shape index (κ1) is 10.5. The Morgan fingerprint density at radius 3 is 2.56 bits per heavy atom. The second-order valence-electron chi connectivity index (χ2n) is 5.32. The van der Waals surface area contributed by atoms with Gasteiger partial charge in [0.2, 0.25) is 5.91 Å². The quantitative estimate of drug-likeness (QED) is 0.721. The lowest BCUT2D eigenvalue weighted by Gasteiger charge is -2.30. The molecular weight excluding hydrogens is 204 g/mol. The van der Waals surface area contributed by atoms with Crippen LogP contribution in [0.5, 0.6) is 0 Å². The molecule has 16 heavy (non-hydrogen) atoms. The fraction of sp³-hybridized carbons (Fsp3) is 0.917. The minimum absolute atomic E-state index is 0.115. The van der Waals surface area contributed by atoms with Crippen LogP contribution in [0.3, 0.4) is 0 Å². The molecule has 3 aliphatic rings. The summed E-state index contributed by atoms with van der Waals surface area (Å²) in [4.78, 5) is 11.9. The van der Waals surface area contributed by atoms with Crippen LogP contribution in [0, 0.1) is 0 Å². The molecule has 0 saturated carbocycles. The topological polar surface area (TPSA) is 50.4 Å². The normalized spacial score (nSPS) is 42.2. The number of nitrogens with one attached hydrogen (secondary N) is 2. The summed E-state index contributed by atoms with van der Waals surface area (Å²) in [5.41, 5.74) is 0. The van der Waals surface area contributed by atoms with Crippen LogP contribution in [0.4, 0.5) is 0 Å². The zero-order valence-corrected chi connectivity index (χ0v) is 9.58. The van der Waals surface area contributed by atoms with Crippen molar-refractivity contribution in [1.29, 1.82) is 0 Å². The van der Waals surface area contributed by atoms with Gasteiger partial charge in [0.15, 0.2) is 0 Å². The van der Waals surface area contributed by atoms with Crippen molar-refractivity contribution >= 4 is 5.91 Å². The van der Waals surface area contributed by atoms with Crippen molar-refractivity contribution in [2.75, 3.05) is 6.61 Å². The number of carbonyl (C=O) groups excluding carboxylic acids is 1. The molecule has 0 radical (unpaired) electrons. The third kappa shape index (κ3) is 2.09. The highest BCUT2D eigenvalue weighted by atomic mass is 16.5. The van der Waals surface area contributed by atoms with Crippen LogP contribution in [-0.4, -0.2) is 36.7 Å². The molecule has 3 heterocycles. The lowest BCUT2D eigenvalue weighted by molar-refractivity contribution is -0.131. The maximum atomic E-state index is 11.9. The van der Waals surface area contributed by atoms with Gasteiger partial charge in [0.1, 0.15) is 6.10 Å². The SMILES string of the molecule is O=C(NC1CC2CCC(C1)N2)[C@@H]1CCCO1. The molecular formula is C12H20N2O2. The zero-order valence-electron chi connectivity index (χ0n) is 9.58.